The molecule has 0 saturated heterocycles. The summed E-state index contributed by atoms with van der Waals surface area (Å²) < 4.78 is 38.3. The van der Waals surface area contributed by atoms with Crippen molar-refractivity contribution in [3.8, 4) is 0 Å². The van der Waals surface area contributed by atoms with Crippen molar-refractivity contribution in [1.82, 2.24) is 9.97 Å². The maximum Gasteiger partial charge on any atom is 0.194 e. The van der Waals surface area contributed by atoms with E-state index >= 15 is 0 Å². The van der Waals surface area contributed by atoms with E-state index in [2.05, 4.69) is 15.3 Å². The topological polar surface area (TPSA) is 40.7 Å². The molecule has 0 aliphatic carbocycles. The first-order valence-corrected chi connectivity index (χ1v) is 4.53. The lowest BCUT2D eigenvalue weighted by Crippen LogP contribution is -2.03. The molecule has 0 amide bonds. The number of aromatic nitrogens is 2. The van der Waals surface area contributed by atoms with Gasteiger partial charge in [0.15, 0.2) is 17.5 Å². The van der Waals surface area contributed by atoms with Crippen molar-refractivity contribution in [1.29, 1.82) is 0 Å². The van der Waals surface area contributed by atoms with E-state index in [0.717, 1.165) is 12.1 Å². The minimum Gasteiger partial charge on any atom is -0.378 e. The number of nitrogens with zero attached hydrogens (tertiary/aromatic N) is 1. The fourth-order valence-electron chi connectivity index (χ4n) is 1.24. The van der Waals surface area contributed by atoms with Gasteiger partial charge >= 0.3 is 0 Å². The Kier molecular flexibility index (Phi) is 2.80. The number of hydrogen-bond donors (Lipinski definition) is 2. The van der Waals surface area contributed by atoms with Crippen LogP contribution in [0.25, 0.3) is 0 Å². The molecule has 0 aliphatic rings. The van der Waals surface area contributed by atoms with Crippen LogP contribution in [0.4, 0.5) is 18.9 Å². The highest BCUT2D eigenvalue weighted by atomic mass is 19.2. The molecule has 1 aromatic heterocycles. The number of nitrogens with one attached hydrogen (secondary N) is 2. The van der Waals surface area contributed by atoms with Crippen molar-refractivity contribution >= 4 is 5.69 Å². The molecule has 3 nitrogen and oxygen atoms in total. The lowest BCUT2D eigenvalue weighted by Gasteiger charge is -2.05. The Bertz CT molecular complexity index is 459. The minimum atomic E-state index is -1.47. The van der Waals surface area contributed by atoms with Gasteiger partial charge in [-0.25, -0.2) is 18.2 Å². The third kappa shape index (κ3) is 2.16. The highest BCUT2D eigenvalue weighted by Crippen LogP contribution is 2.17. The SMILES string of the molecule is Fc1cc(NCc2ncc[nH]2)cc(F)c1F. The zero-order chi connectivity index (χ0) is 11.5. The van der Waals surface area contributed by atoms with Crippen LogP contribution in [0.5, 0.6) is 0 Å². The van der Waals surface area contributed by atoms with Crippen LogP contribution in [0.1, 0.15) is 5.82 Å². The molecule has 16 heavy (non-hydrogen) atoms. The largest absolute Gasteiger partial charge is 0.378 e. The average Bonchev–Trinajstić information content (AvgIpc) is 2.75. The van der Waals surface area contributed by atoms with E-state index in [1.807, 2.05) is 0 Å². The Labute approximate surface area is 89.3 Å². The molecule has 0 atom stereocenters. The summed E-state index contributed by atoms with van der Waals surface area (Å²) in [6, 6.07) is 1.78. The number of imidazole rings is 1. The number of H-pyrrole nitrogens is 1. The summed E-state index contributed by atoms with van der Waals surface area (Å²) in [6.07, 6.45) is 3.19. The summed E-state index contributed by atoms with van der Waals surface area (Å²) >= 11 is 0. The van der Waals surface area contributed by atoms with Crippen LogP contribution in [0.3, 0.4) is 0 Å². The summed E-state index contributed by atoms with van der Waals surface area (Å²) in [4.78, 5) is 6.73. The molecule has 2 N–H and O–H groups in total. The Morgan fingerprint density at radius 3 is 2.44 bits per heavy atom. The molecule has 1 heterocycles. The van der Waals surface area contributed by atoms with Crippen molar-refractivity contribution in [3.05, 3.63) is 47.8 Å². The zero-order valence-electron chi connectivity index (χ0n) is 8.10. The van der Waals surface area contributed by atoms with Gasteiger partial charge in [0.25, 0.3) is 0 Å². The molecule has 0 fully saturated rings. The molecule has 6 heteroatoms. The van der Waals surface area contributed by atoms with Gasteiger partial charge in [-0.05, 0) is 0 Å². The number of aromatic amines is 1. The van der Waals surface area contributed by atoms with Crippen molar-refractivity contribution in [2.24, 2.45) is 0 Å². The summed E-state index contributed by atoms with van der Waals surface area (Å²) in [5, 5.41) is 2.72. The molecule has 0 saturated carbocycles. The quantitative estimate of drug-likeness (QED) is 0.790. The summed E-state index contributed by atoms with van der Waals surface area (Å²) in [5.41, 5.74) is 0.160. The Morgan fingerprint density at radius 2 is 1.88 bits per heavy atom. The van der Waals surface area contributed by atoms with Crippen molar-refractivity contribution < 1.29 is 13.2 Å². The first-order valence-electron chi connectivity index (χ1n) is 4.53. The van der Waals surface area contributed by atoms with Gasteiger partial charge in [0, 0.05) is 30.2 Å². The standard InChI is InChI=1S/C10H8F3N3/c11-7-3-6(4-8(12)10(7)13)16-5-9-14-1-2-15-9/h1-4,16H,5H2,(H,14,15). The summed E-state index contributed by atoms with van der Waals surface area (Å²) in [6.45, 7) is 0.275. The highest BCUT2D eigenvalue weighted by Gasteiger charge is 2.10. The first kappa shape index (κ1) is 10.5. The van der Waals surface area contributed by atoms with Crippen LogP contribution in [-0.4, -0.2) is 9.97 Å². The predicted molar refractivity (Wildman–Crippen MR) is 52.2 cm³/mol. The molecular formula is C10H8F3N3. The van der Waals surface area contributed by atoms with Gasteiger partial charge in [-0.1, -0.05) is 0 Å². The fourth-order valence-corrected chi connectivity index (χ4v) is 1.24. The van der Waals surface area contributed by atoms with Crippen LogP contribution in [0.15, 0.2) is 24.5 Å². The molecule has 0 radical (unpaired) electrons. The first-order chi connectivity index (χ1) is 7.66. The van der Waals surface area contributed by atoms with Crippen molar-refractivity contribution in [3.63, 3.8) is 0 Å². The van der Waals surface area contributed by atoms with Crippen molar-refractivity contribution in [2.45, 2.75) is 6.54 Å². The summed E-state index contributed by atoms with van der Waals surface area (Å²) in [5.74, 6) is -3.29. The van der Waals surface area contributed by atoms with E-state index in [1.54, 1.807) is 12.4 Å². The maximum atomic E-state index is 12.8. The lowest BCUT2D eigenvalue weighted by molar-refractivity contribution is 0.447. The highest BCUT2D eigenvalue weighted by molar-refractivity contribution is 5.44. The Morgan fingerprint density at radius 1 is 1.19 bits per heavy atom. The maximum absolute atomic E-state index is 12.8. The van der Waals surface area contributed by atoms with E-state index in [-0.39, 0.29) is 12.2 Å². The minimum absolute atomic E-state index is 0.160. The number of anilines is 1. The predicted octanol–water partition coefficient (Wildman–Crippen LogP) is 2.44. The molecular weight excluding hydrogens is 219 g/mol. The number of halogens is 3. The third-order valence-electron chi connectivity index (χ3n) is 2.00. The average molecular weight is 227 g/mol. The van der Waals surface area contributed by atoms with Gasteiger partial charge in [-0.2, -0.15) is 0 Å². The van der Waals surface area contributed by atoms with Gasteiger partial charge in [0.05, 0.1) is 6.54 Å². The van der Waals surface area contributed by atoms with E-state index in [9.17, 15) is 13.2 Å². The zero-order valence-corrected chi connectivity index (χ0v) is 8.10. The smallest absolute Gasteiger partial charge is 0.194 e. The van der Waals surface area contributed by atoms with Gasteiger partial charge in [-0.3, -0.25) is 0 Å². The molecule has 2 rings (SSSR count). The van der Waals surface area contributed by atoms with E-state index < -0.39 is 17.5 Å². The Balaban J connectivity index is 2.10. The molecule has 1 aromatic carbocycles. The fraction of sp³-hybridized carbons (Fsp3) is 0.100. The number of benzene rings is 1. The molecule has 0 spiro atoms. The van der Waals surface area contributed by atoms with Crippen LogP contribution in [0.2, 0.25) is 0 Å². The van der Waals surface area contributed by atoms with Crippen LogP contribution in [0, 0.1) is 17.5 Å². The second kappa shape index (κ2) is 4.26. The van der Waals surface area contributed by atoms with Gasteiger partial charge in [-0.15, -0.1) is 0 Å². The second-order valence-corrected chi connectivity index (χ2v) is 3.14. The monoisotopic (exact) mass is 227 g/mol. The molecule has 0 aliphatic heterocycles. The van der Waals surface area contributed by atoms with E-state index in [1.165, 1.54) is 0 Å². The van der Waals surface area contributed by atoms with E-state index in [4.69, 9.17) is 0 Å². The second-order valence-electron chi connectivity index (χ2n) is 3.14. The summed E-state index contributed by atoms with van der Waals surface area (Å²) in [7, 11) is 0. The normalized spacial score (nSPS) is 10.4. The van der Waals surface area contributed by atoms with Crippen LogP contribution in [-0.2, 0) is 6.54 Å². The van der Waals surface area contributed by atoms with Crippen molar-refractivity contribution in [2.75, 3.05) is 5.32 Å². The number of hydrogen-bond acceptors (Lipinski definition) is 2. The molecule has 0 bridgehead atoms. The van der Waals surface area contributed by atoms with Gasteiger partial charge < -0.3 is 10.3 Å². The van der Waals surface area contributed by atoms with Gasteiger partial charge in [0.2, 0.25) is 0 Å². The van der Waals surface area contributed by atoms with Crippen LogP contribution >= 0.6 is 0 Å². The van der Waals surface area contributed by atoms with Gasteiger partial charge in [0.1, 0.15) is 5.82 Å². The van der Waals surface area contributed by atoms with E-state index in [0.29, 0.717) is 5.82 Å². The van der Waals surface area contributed by atoms with Crippen LogP contribution < -0.4 is 5.32 Å². The molecule has 84 valence electrons. The molecule has 2 aromatic rings. The lowest BCUT2D eigenvalue weighted by atomic mass is 10.3. The number of rotatable bonds is 3. The Hall–Kier alpha value is -1.98. The molecule has 0 unspecified atom stereocenters. The third-order valence-corrected chi connectivity index (χ3v) is 2.00.